The van der Waals surface area contributed by atoms with Gasteiger partial charge in [0.1, 0.15) is 5.76 Å². The average molecular weight is 211 g/mol. The molecular weight excluding hydrogens is 194 g/mol. The molecule has 2 nitrogen and oxygen atoms in total. The summed E-state index contributed by atoms with van der Waals surface area (Å²) in [5, 5.41) is 3.41. The largest absolute Gasteiger partial charge is 0.469 e. The molecule has 0 bridgehead atoms. The molecule has 2 unspecified atom stereocenters. The molecule has 0 radical (unpaired) electrons. The molecule has 14 heavy (non-hydrogen) atoms. The highest BCUT2D eigenvalue weighted by molar-refractivity contribution is 7.99. The molecule has 0 saturated carbocycles. The van der Waals surface area contributed by atoms with Crippen LogP contribution in [-0.2, 0) is 6.42 Å². The first kappa shape index (κ1) is 10.1. The Balaban J connectivity index is 1.92. The Kier molecular flexibility index (Phi) is 3.54. The van der Waals surface area contributed by atoms with E-state index in [1.54, 1.807) is 6.26 Å². The molecule has 3 heteroatoms. The predicted octanol–water partition coefficient (Wildman–Crippen LogP) is 2.16. The third kappa shape index (κ3) is 2.34. The summed E-state index contributed by atoms with van der Waals surface area (Å²) in [6.45, 7) is 0. The Morgan fingerprint density at radius 3 is 3.21 bits per heavy atom. The van der Waals surface area contributed by atoms with Crippen molar-refractivity contribution in [1.82, 2.24) is 5.32 Å². The molecule has 1 fully saturated rings. The lowest BCUT2D eigenvalue weighted by atomic mass is 9.95. The molecule has 1 aromatic rings. The van der Waals surface area contributed by atoms with E-state index in [0.717, 1.165) is 18.1 Å². The zero-order valence-corrected chi connectivity index (χ0v) is 9.35. The summed E-state index contributed by atoms with van der Waals surface area (Å²) in [5.41, 5.74) is 0. The van der Waals surface area contributed by atoms with Crippen molar-refractivity contribution in [1.29, 1.82) is 0 Å². The van der Waals surface area contributed by atoms with E-state index in [-0.39, 0.29) is 0 Å². The molecule has 2 heterocycles. The summed E-state index contributed by atoms with van der Waals surface area (Å²) in [6, 6.07) is 4.61. The van der Waals surface area contributed by atoms with E-state index in [2.05, 4.69) is 30.2 Å². The minimum absolute atomic E-state index is 0.580. The predicted molar refractivity (Wildman–Crippen MR) is 60.7 cm³/mol. The van der Waals surface area contributed by atoms with Crippen molar-refractivity contribution < 1.29 is 4.42 Å². The van der Waals surface area contributed by atoms with Gasteiger partial charge in [-0.3, -0.25) is 0 Å². The zero-order chi connectivity index (χ0) is 9.80. The van der Waals surface area contributed by atoms with E-state index >= 15 is 0 Å². The van der Waals surface area contributed by atoms with Gasteiger partial charge in [0.2, 0.25) is 0 Å². The topological polar surface area (TPSA) is 25.2 Å². The monoisotopic (exact) mass is 211 g/mol. The number of furan rings is 1. The molecular formula is C11H17NOS. The summed E-state index contributed by atoms with van der Waals surface area (Å²) in [5.74, 6) is 4.53. The van der Waals surface area contributed by atoms with Gasteiger partial charge in [-0.1, -0.05) is 0 Å². The first-order valence-electron chi connectivity index (χ1n) is 5.17. The van der Waals surface area contributed by atoms with E-state index in [9.17, 15) is 0 Å². The Hall–Kier alpha value is -0.410. The van der Waals surface area contributed by atoms with Gasteiger partial charge in [0.25, 0.3) is 0 Å². The Labute approximate surface area is 89.4 Å². The minimum Gasteiger partial charge on any atom is -0.469 e. The van der Waals surface area contributed by atoms with Crippen LogP contribution in [0.5, 0.6) is 0 Å². The lowest BCUT2D eigenvalue weighted by Gasteiger charge is -2.21. The van der Waals surface area contributed by atoms with Gasteiger partial charge in [0, 0.05) is 12.5 Å². The highest BCUT2D eigenvalue weighted by Crippen LogP contribution is 2.27. The standard InChI is InChI=1S/C11H17NOS/c1-12-11(9-4-6-14-8-9)7-10-3-2-5-13-10/h2-3,5,9,11-12H,4,6-8H2,1H3. The zero-order valence-electron chi connectivity index (χ0n) is 8.53. The van der Waals surface area contributed by atoms with Crippen molar-refractivity contribution in [3.8, 4) is 0 Å². The van der Waals surface area contributed by atoms with Crippen LogP contribution in [0.15, 0.2) is 22.8 Å². The van der Waals surface area contributed by atoms with Crippen molar-refractivity contribution in [2.24, 2.45) is 5.92 Å². The van der Waals surface area contributed by atoms with E-state index in [1.165, 1.54) is 17.9 Å². The fraction of sp³-hybridized carbons (Fsp3) is 0.636. The second-order valence-electron chi connectivity index (χ2n) is 3.80. The van der Waals surface area contributed by atoms with Gasteiger partial charge in [-0.05, 0) is 43.0 Å². The molecule has 1 aromatic heterocycles. The molecule has 78 valence electrons. The lowest BCUT2D eigenvalue weighted by molar-refractivity contribution is 0.373. The second-order valence-corrected chi connectivity index (χ2v) is 4.95. The van der Waals surface area contributed by atoms with Crippen molar-refractivity contribution in [2.45, 2.75) is 18.9 Å². The maximum Gasteiger partial charge on any atom is 0.105 e. The number of likely N-dealkylation sites (N-methyl/N-ethyl adjacent to an activating group) is 1. The van der Waals surface area contributed by atoms with Crippen LogP contribution in [0.1, 0.15) is 12.2 Å². The fourth-order valence-electron chi connectivity index (χ4n) is 2.02. The summed E-state index contributed by atoms with van der Waals surface area (Å²) < 4.78 is 5.38. The quantitative estimate of drug-likeness (QED) is 0.826. The van der Waals surface area contributed by atoms with E-state index in [0.29, 0.717) is 6.04 Å². The summed E-state index contributed by atoms with van der Waals surface area (Å²) in [6.07, 6.45) is 4.12. The molecule has 2 rings (SSSR count). The first-order chi connectivity index (χ1) is 6.90. The third-order valence-electron chi connectivity index (χ3n) is 2.91. The SMILES string of the molecule is CNC(Cc1ccco1)C1CCSC1. The number of thioether (sulfide) groups is 1. The number of rotatable bonds is 4. The van der Waals surface area contributed by atoms with Gasteiger partial charge in [0.15, 0.2) is 0 Å². The highest BCUT2D eigenvalue weighted by Gasteiger charge is 2.24. The smallest absolute Gasteiger partial charge is 0.105 e. The van der Waals surface area contributed by atoms with Gasteiger partial charge < -0.3 is 9.73 Å². The van der Waals surface area contributed by atoms with Gasteiger partial charge in [-0.15, -0.1) is 0 Å². The van der Waals surface area contributed by atoms with Crippen LogP contribution in [0.3, 0.4) is 0 Å². The van der Waals surface area contributed by atoms with Crippen molar-refractivity contribution in [3.63, 3.8) is 0 Å². The minimum atomic E-state index is 0.580. The number of nitrogens with one attached hydrogen (secondary N) is 1. The van der Waals surface area contributed by atoms with E-state index in [4.69, 9.17) is 4.42 Å². The molecule has 1 N–H and O–H groups in total. The van der Waals surface area contributed by atoms with Crippen LogP contribution >= 0.6 is 11.8 Å². The van der Waals surface area contributed by atoms with Gasteiger partial charge in [-0.25, -0.2) is 0 Å². The van der Waals surface area contributed by atoms with E-state index in [1.807, 2.05) is 6.07 Å². The lowest BCUT2D eigenvalue weighted by Crippen LogP contribution is -2.35. The summed E-state index contributed by atoms with van der Waals surface area (Å²) >= 11 is 2.07. The Bertz CT molecular complexity index is 254. The van der Waals surface area contributed by atoms with Crippen LogP contribution < -0.4 is 5.32 Å². The molecule has 1 aliphatic heterocycles. The van der Waals surface area contributed by atoms with Crippen LogP contribution in [0, 0.1) is 5.92 Å². The van der Waals surface area contributed by atoms with Crippen molar-refractivity contribution in [2.75, 3.05) is 18.6 Å². The highest BCUT2D eigenvalue weighted by atomic mass is 32.2. The summed E-state index contributed by atoms with van der Waals surface area (Å²) in [7, 11) is 2.05. The van der Waals surface area contributed by atoms with Crippen LogP contribution in [-0.4, -0.2) is 24.6 Å². The maximum atomic E-state index is 5.38. The fourth-order valence-corrected chi connectivity index (χ4v) is 3.36. The van der Waals surface area contributed by atoms with Crippen LogP contribution in [0.4, 0.5) is 0 Å². The van der Waals surface area contributed by atoms with Crippen LogP contribution in [0.2, 0.25) is 0 Å². The first-order valence-corrected chi connectivity index (χ1v) is 6.33. The van der Waals surface area contributed by atoms with Crippen molar-refractivity contribution in [3.05, 3.63) is 24.2 Å². The Morgan fingerprint density at radius 1 is 1.71 bits per heavy atom. The number of hydrogen-bond donors (Lipinski definition) is 1. The molecule has 1 saturated heterocycles. The third-order valence-corrected chi connectivity index (χ3v) is 4.09. The normalized spacial score (nSPS) is 23.9. The van der Waals surface area contributed by atoms with Gasteiger partial charge in [-0.2, -0.15) is 11.8 Å². The summed E-state index contributed by atoms with van der Waals surface area (Å²) in [4.78, 5) is 0. The molecule has 0 amide bonds. The van der Waals surface area contributed by atoms with Gasteiger partial charge in [0.05, 0.1) is 6.26 Å². The molecule has 0 spiro atoms. The van der Waals surface area contributed by atoms with Crippen molar-refractivity contribution >= 4 is 11.8 Å². The van der Waals surface area contributed by atoms with Crippen LogP contribution in [0.25, 0.3) is 0 Å². The molecule has 0 aliphatic carbocycles. The second kappa shape index (κ2) is 4.89. The van der Waals surface area contributed by atoms with E-state index < -0.39 is 0 Å². The molecule has 0 aromatic carbocycles. The maximum absolute atomic E-state index is 5.38. The average Bonchev–Trinajstić information content (AvgIpc) is 2.86. The molecule has 1 aliphatic rings. The Morgan fingerprint density at radius 2 is 2.64 bits per heavy atom. The molecule has 2 atom stereocenters. The van der Waals surface area contributed by atoms with Gasteiger partial charge >= 0.3 is 0 Å². The number of hydrogen-bond acceptors (Lipinski definition) is 3.